The first kappa shape index (κ1) is 16.2. The second kappa shape index (κ2) is 7.67. The molecule has 5 nitrogen and oxygen atoms in total. The molecule has 3 heterocycles. The highest BCUT2D eigenvalue weighted by atomic mass is 19.1. The molecule has 3 aliphatic rings. The Kier molecular flexibility index (Phi) is 4.29. The van der Waals surface area contributed by atoms with Crippen molar-refractivity contribution in [2.75, 3.05) is 49.5 Å². The molecular formula is C23H26FN3O2. The van der Waals surface area contributed by atoms with Gasteiger partial charge in [-0.1, -0.05) is 12.1 Å². The molecule has 0 aromatic heterocycles. The molecule has 1 fully saturated rings. The van der Waals surface area contributed by atoms with Gasteiger partial charge in [0, 0.05) is 71.3 Å². The maximum Gasteiger partial charge on any atom is 0.224 e. The van der Waals surface area contributed by atoms with E-state index in [2.05, 4.69) is 15.1 Å². The summed E-state index contributed by atoms with van der Waals surface area (Å²) in [5.41, 5.74) is 4.30. The third-order valence-corrected chi connectivity index (χ3v) is 5.99. The molecule has 0 aliphatic carbocycles. The van der Waals surface area contributed by atoms with Gasteiger partial charge in [0.05, 0.1) is 6.61 Å². The lowest BCUT2D eigenvalue weighted by Crippen LogP contribution is -2.47. The van der Waals surface area contributed by atoms with E-state index in [0.29, 0.717) is 23.6 Å². The van der Waals surface area contributed by atoms with Gasteiger partial charge in [0.15, 0.2) is 0 Å². The van der Waals surface area contributed by atoms with Crippen LogP contribution < -0.4 is 15.0 Å². The quantitative estimate of drug-likeness (QED) is 0.862. The minimum atomic E-state index is -1.62. The number of anilines is 2. The van der Waals surface area contributed by atoms with E-state index in [0.717, 1.165) is 62.4 Å². The van der Waals surface area contributed by atoms with Gasteiger partial charge < -0.3 is 15.0 Å². The molecule has 0 saturated carbocycles. The van der Waals surface area contributed by atoms with Crippen LogP contribution in [0.2, 0.25) is 0 Å². The SMILES string of the molecule is [2H]C1([2H])CC(=O)Nc2cc(CCN3CCN(c4cc(F)cc5c4CCO5)CC3)ccc21. The van der Waals surface area contributed by atoms with Crippen LogP contribution in [0.25, 0.3) is 0 Å². The number of carbonyl (C=O) groups excluding carboxylic acids is 1. The maximum atomic E-state index is 14.0. The highest BCUT2D eigenvalue weighted by molar-refractivity contribution is 5.93. The second-order valence-electron chi connectivity index (χ2n) is 7.86. The average molecular weight is 397 g/mol. The molecule has 2 aromatic carbocycles. The van der Waals surface area contributed by atoms with E-state index in [4.69, 9.17) is 7.48 Å². The Morgan fingerprint density at radius 2 is 2.00 bits per heavy atom. The van der Waals surface area contributed by atoms with Gasteiger partial charge in [-0.15, -0.1) is 0 Å². The predicted molar refractivity (Wildman–Crippen MR) is 111 cm³/mol. The zero-order chi connectivity index (χ0) is 21.6. The first-order chi connectivity index (χ1) is 14.9. The highest BCUT2D eigenvalue weighted by Crippen LogP contribution is 2.35. The Morgan fingerprint density at radius 1 is 1.14 bits per heavy atom. The largest absolute Gasteiger partial charge is 0.493 e. The molecule has 29 heavy (non-hydrogen) atoms. The molecule has 0 unspecified atom stereocenters. The fraction of sp³-hybridized carbons (Fsp3) is 0.435. The number of piperazine rings is 1. The second-order valence-corrected chi connectivity index (χ2v) is 7.86. The summed E-state index contributed by atoms with van der Waals surface area (Å²) in [5.74, 6) is 0.156. The van der Waals surface area contributed by atoms with Crippen molar-refractivity contribution in [3.63, 3.8) is 0 Å². The van der Waals surface area contributed by atoms with Gasteiger partial charge >= 0.3 is 0 Å². The van der Waals surface area contributed by atoms with E-state index in [1.165, 1.54) is 6.07 Å². The van der Waals surface area contributed by atoms with Crippen molar-refractivity contribution in [3.05, 3.63) is 52.8 Å². The van der Waals surface area contributed by atoms with Crippen LogP contribution in [0.3, 0.4) is 0 Å². The zero-order valence-electron chi connectivity index (χ0n) is 18.3. The number of ether oxygens (including phenoxy) is 1. The number of hydrogen-bond acceptors (Lipinski definition) is 4. The normalized spacial score (nSPS) is 21.6. The molecular weight excluding hydrogens is 369 g/mol. The number of aryl methyl sites for hydroxylation is 1. The molecule has 5 rings (SSSR count). The summed E-state index contributed by atoms with van der Waals surface area (Å²) in [4.78, 5) is 16.4. The molecule has 1 amide bonds. The molecule has 0 bridgehead atoms. The topological polar surface area (TPSA) is 44.8 Å². The Labute approximate surface area is 173 Å². The van der Waals surface area contributed by atoms with Crippen molar-refractivity contribution < 1.29 is 16.7 Å². The van der Waals surface area contributed by atoms with E-state index in [1.54, 1.807) is 12.1 Å². The number of amides is 1. The monoisotopic (exact) mass is 397 g/mol. The predicted octanol–water partition coefficient (Wildman–Crippen LogP) is 3.01. The summed E-state index contributed by atoms with van der Waals surface area (Å²) in [6, 6.07) is 8.77. The van der Waals surface area contributed by atoms with E-state index in [-0.39, 0.29) is 18.1 Å². The minimum absolute atomic E-state index is 0.135. The molecule has 0 radical (unpaired) electrons. The lowest BCUT2D eigenvalue weighted by molar-refractivity contribution is -0.116. The Bertz CT molecular complexity index is 1020. The molecule has 152 valence electrons. The molecule has 1 N–H and O–H groups in total. The number of nitrogens with zero attached hydrogens (tertiary/aromatic N) is 2. The van der Waals surface area contributed by atoms with Crippen molar-refractivity contribution in [1.29, 1.82) is 0 Å². The van der Waals surface area contributed by atoms with E-state index >= 15 is 0 Å². The van der Waals surface area contributed by atoms with E-state index in [9.17, 15) is 9.18 Å². The maximum absolute atomic E-state index is 14.0. The lowest BCUT2D eigenvalue weighted by Gasteiger charge is -2.37. The van der Waals surface area contributed by atoms with Crippen molar-refractivity contribution in [1.82, 2.24) is 4.90 Å². The average Bonchev–Trinajstić information content (AvgIpc) is 3.19. The molecule has 2 aromatic rings. The summed E-state index contributed by atoms with van der Waals surface area (Å²) >= 11 is 0. The molecule has 0 atom stereocenters. The minimum Gasteiger partial charge on any atom is -0.493 e. The van der Waals surface area contributed by atoms with Crippen LogP contribution >= 0.6 is 0 Å². The van der Waals surface area contributed by atoms with Gasteiger partial charge in [-0.05, 0) is 36.1 Å². The van der Waals surface area contributed by atoms with Gasteiger partial charge in [-0.3, -0.25) is 9.69 Å². The van der Waals surface area contributed by atoms with Crippen LogP contribution in [0.5, 0.6) is 5.75 Å². The molecule has 6 heteroatoms. The molecule has 1 saturated heterocycles. The summed E-state index contributed by atoms with van der Waals surface area (Å²) < 4.78 is 35.7. The van der Waals surface area contributed by atoms with Crippen molar-refractivity contribution in [2.24, 2.45) is 0 Å². The third-order valence-electron chi connectivity index (χ3n) is 5.99. The van der Waals surface area contributed by atoms with Gasteiger partial charge in [0.2, 0.25) is 5.91 Å². The van der Waals surface area contributed by atoms with Crippen LogP contribution in [-0.2, 0) is 24.0 Å². The molecule has 3 aliphatic heterocycles. The Morgan fingerprint density at radius 3 is 2.86 bits per heavy atom. The van der Waals surface area contributed by atoms with Gasteiger partial charge in [0.25, 0.3) is 0 Å². The van der Waals surface area contributed by atoms with Crippen molar-refractivity contribution >= 4 is 17.3 Å². The number of fused-ring (bicyclic) bond motifs is 2. The number of nitrogens with one attached hydrogen (secondary N) is 1. The highest BCUT2D eigenvalue weighted by Gasteiger charge is 2.24. The van der Waals surface area contributed by atoms with Gasteiger partial charge in [-0.25, -0.2) is 4.39 Å². The fourth-order valence-electron chi connectivity index (χ4n) is 4.40. The standard InChI is InChI=1S/C23H26FN3O2/c24-18-14-21(19-6-12-29-22(19)15-18)27-10-8-26(9-11-27)7-5-16-1-2-17-3-4-23(28)25-20(17)13-16/h1-2,13-15H,3-12H2,(H,25,28)/i3D2. The van der Waals surface area contributed by atoms with Gasteiger partial charge in [0.1, 0.15) is 11.6 Å². The van der Waals surface area contributed by atoms with Crippen LogP contribution in [0.15, 0.2) is 30.3 Å². The summed E-state index contributed by atoms with van der Waals surface area (Å²) in [7, 11) is 0. The molecule has 0 spiro atoms. The lowest BCUT2D eigenvalue weighted by atomic mass is 9.99. The number of halogens is 1. The van der Waals surface area contributed by atoms with Crippen LogP contribution in [-0.4, -0.2) is 50.1 Å². The summed E-state index contributed by atoms with van der Waals surface area (Å²) in [5, 5.41) is 2.80. The summed E-state index contributed by atoms with van der Waals surface area (Å²) in [6.45, 7) is 4.99. The summed E-state index contributed by atoms with van der Waals surface area (Å²) in [6.07, 6.45) is -0.0910. The van der Waals surface area contributed by atoms with Crippen molar-refractivity contribution in [2.45, 2.75) is 25.6 Å². The fourth-order valence-corrected chi connectivity index (χ4v) is 4.40. The zero-order valence-corrected chi connectivity index (χ0v) is 16.3. The number of rotatable bonds is 4. The van der Waals surface area contributed by atoms with Gasteiger partial charge in [-0.2, -0.15) is 0 Å². The third kappa shape index (κ3) is 3.81. The number of benzene rings is 2. The van der Waals surface area contributed by atoms with Crippen molar-refractivity contribution in [3.8, 4) is 5.75 Å². The number of hydrogen-bond donors (Lipinski definition) is 1. The first-order valence-electron chi connectivity index (χ1n) is 11.2. The van der Waals surface area contributed by atoms with Crippen LogP contribution in [0.1, 0.15) is 25.9 Å². The van der Waals surface area contributed by atoms with E-state index < -0.39 is 6.37 Å². The Hall–Kier alpha value is -2.60. The first-order valence-corrected chi connectivity index (χ1v) is 10.2. The van der Waals surface area contributed by atoms with Crippen LogP contribution in [0.4, 0.5) is 15.8 Å². The number of carbonyl (C=O) groups is 1. The smallest absolute Gasteiger partial charge is 0.224 e. The van der Waals surface area contributed by atoms with E-state index in [1.807, 2.05) is 12.1 Å². The van der Waals surface area contributed by atoms with Crippen LogP contribution in [0, 0.1) is 5.82 Å². The Balaban J connectivity index is 1.20.